The van der Waals surface area contributed by atoms with E-state index in [0.717, 1.165) is 6.26 Å². The van der Waals surface area contributed by atoms with Gasteiger partial charge < -0.3 is 0 Å². The van der Waals surface area contributed by atoms with Gasteiger partial charge in [0.25, 0.3) is 0 Å². The summed E-state index contributed by atoms with van der Waals surface area (Å²) in [6.07, 6.45) is 1.49. The number of hydrogen-bond donors (Lipinski definition) is 0. The van der Waals surface area contributed by atoms with Crippen LogP contribution in [0.2, 0.25) is 0 Å². The molecule has 4 heteroatoms. The largest absolute Gasteiger partial charge is 0.227 e. The van der Waals surface area contributed by atoms with Gasteiger partial charge in [0.15, 0.2) is 14.5 Å². The highest BCUT2D eigenvalue weighted by atomic mass is 35.5. The third-order valence-electron chi connectivity index (χ3n) is 0.680. The molecule has 1 radical (unpaired) electrons. The molecule has 49 valence electrons. The number of sulfone groups is 1. The fraction of sp³-hybridized carbons (Fsp3) is 0.750. The predicted molar refractivity (Wildman–Crippen MR) is 34.2 cm³/mol. The zero-order chi connectivity index (χ0) is 6.78. The van der Waals surface area contributed by atoms with Crippen LogP contribution >= 0.6 is 11.6 Å². The molecule has 0 aromatic rings. The van der Waals surface area contributed by atoms with Gasteiger partial charge in [-0.3, -0.25) is 0 Å². The topological polar surface area (TPSA) is 34.1 Å². The van der Waals surface area contributed by atoms with Gasteiger partial charge in [-0.05, 0) is 6.42 Å². The average Bonchev–Trinajstić information content (AvgIpc) is 1.62. The Balaban J connectivity index is 4.04. The van der Waals surface area contributed by atoms with Crippen molar-refractivity contribution in [3.05, 3.63) is 4.71 Å². The van der Waals surface area contributed by atoms with E-state index < -0.39 is 9.84 Å². The molecule has 0 aromatic carbocycles. The van der Waals surface area contributed by atoms with Crippen LogP contribution in [0.15, 0.2) is 0 Å². The molecule has 0 rings (SSSR count). The molecule has 8 heavy (non-hydrogen) atoms. The Hall–Kier alpha value is 0.240. The van der Waals surface area contributed by atoms with Crippen molar-refractivity contribution in [1.29, 1.82) is 0 Å². The number of rotatable bonds is 2. The van der Waals surface area contributed by atoms with E-state index in [2.05, 4.69) is 0 Å². The Kier molecular flexibility index (Phi) is 2.77. The van der Waals surface area contributed by atoms with Crippen molar-refractivity contribution < 1.29 is 8.42 Å². The average molecular weight is 156 g/mol. The lowest BCUT2D eigenvalue weighted by Gasteiger charge is -1.98. The maximum atomic E-state index is 10.4. The van der Waals surface area contributed by atoms with Gasteiger partial charge >= 0.3 is 0 Å². The van der Waals surface area contributed by atoms with Gasteiger partial charge in [-0.2, -0.15) is 0 Å². The van der Waals surface area contributed by atoms with Gasteiger partial charge in [0, 0.05) is 6.26 Å². The van der Waals surface area contributed by atoms with E-state index in [-0.39, 0.29) is 4.71 Å². The van der Waals surface area contributed by atoms with Crippen molar-refractivity contribution in [3.8, 4) is 0 Å². The Morgan fingerprint density at radius 2 is 2.00 bits per heavy atom. The second-order valence-corrected chi connectivity index (χ2v) is 4.20. The van der Waals surface area contributed by atoms with Crippen molar-refractivity contribution in [2.75, 3.05) is 6.26 Å². The summed E-state index contributed by atoms with van der Waals surface area (Å²) in [4.78, 5) is 0. The summed E-state index contributed by atoms with van der Waals surface area (Å²) in [7, 11) is -3.07. The third-order valence-corrected chi connectivity index (χ3v) is 2.88. The van der Waals surface area contributed by atoms with Crippen molar-refractivity contribution >= 4 is 21.4 Å². The normalized spacial score (nSPS) is 12.5. The highest BCUT2D eigenvalue weighted by Crippen LogP contribution is 2.17. The van der Waals surface area contributed by atoms with Gasteiger partial charge in [0.05, 0.1) is 0 Å². The molecule has 0 aliphatic heterocycles. The van der Waals surface area contributed by atoms with E-state index in [0.29, 0.717) is 6.42 Å². The van der Waals surface area contributed by atoms with E-state index in [9.17, 15) is 8.42 Å². The molecule has 0 bridgehead atoms. The minimum atomic E-state index is -3.07. The first-order valence-corrected chi connectivity index (χ1v) is 4.46. The molecule has 0 aliphatic carbocycles. The van der Waals surface area contributed by atoms with E-state index >= 15 is 0 Å². The lowest BCUT2D eigenvalue weighted by molar-refractivity contribution is 0.604. The van der Waals surface area contributed by atoms with Crippen molar-refractivity contribution in [2.24, 2.45) is 0 Å². The van der Waals surface area contributed by atoms with Crippen LogP contribution < -0.4 is 0 Å². The molecular weight excluding hydrogens is 148 g/mol. The van der Waals surface area contributed by atoms with Crippen LogP contribution in [0.4, 0.5) is 0 Å². The summed E-state index contributed by atoms with van der Waals surface area (Å²) >= 11 is 5.27. The van der Waals surface area contributed by atoms with Crippen LogP contribution in [0.3, 0.4) is 0 Å². The molecule has 0 N–H and O–H groups in total. The van der Waals surface area contributed by atoms with Crippen molar-refractivity contribution in [1.82, 2.24) is 0 Å². The van der Waals surface area contributed by atoms with E-state index in [1.165, 1.54) is 0 Å². The zero-order valence-corrected chi connectivity index (χ0v) is 6.38. The van der Waals surface area contributed by atoms with Crippen LogP contribution in [0.1, 0.15) is 13.3 Å². The first-order chi connectivity index (χ1) is 3.48. The lowest BCUT2D eigenvalue weighted by atomic mass is 10.6. The van der Waals surface area contributed by atoms with Crippen LogP contribution in [0.5, 0.6) is 0 Å². The molecule has 0 unspecified atom stereocenters. The molecule has 0 fully saturated rings. The molecule has 0 heterocycles. The summed E-state index contributed by atoms with van der Waals surface area (Å²) in [5.41, 5.74) is 0. The zero-order valence-electron chi connectivity index (χ0n) is 4.81. The maximum absolute atomic E-state index is 10.4. The lowest BCUT2D eigenvalue weighted by Crippen LogP contribution is -2.02. The molecule has 0 amide bonds. The summed E-state index contributed by atoms with van der Waals surface area (Å²) in [5.74, 6) is 0. The molecule has 0 saturated carbocycles. The highest BCUT2D eigenvalue weighted by molar-refractivity contribution is 7.95. The molecule has 0 aliphatic rings. The van der Waals surface area contributed by atoms with Crippen molar-refractivity contribution in [3.63, 3.8) is 0 Å². The second kappa shape index (κ2) is 2.69. The first kappa shape index (κ1) is 8.24. The summed E-state index contributed by atoms with van der Waals surface area (Å²) in [6, 6.07) is 0. The molecular formula is C4H8ClO2S. The molecule has 0 aromatic heterocycles. The summed E-state index contributed by atoms with van der Waals surface area (Å²) < 4.78 is 20.8. The van der Waals surface area contributed by atoms with E-state index in [1.807, 2.05) is 0 Å². The van der Waals surface area contributed by atoms with E-state index in [1.54, 1.807) is 6.92 Å². The van der Waals surface area contributed by atoms with Gasteiger partial charge in [0.2, 0.25) is 0 Å². The van der Waals surface area contributed by atoms with Gasteiger partial charge in [-0.25, -0.2) is 8.42 Å². The van der Waals surface area contributed by atoms with Crippen LogP contribution in [-0.4, -0.2) is 14.7 Å². The molecule has 0 saturated heterocycles. The monoisotopic (exact) mass is 155 g/mol. The minimum Gasteiger partial charge on any atom is -0.227 e. The summed E-state index contributed by atoms with van der Waals surface area (Å²) in [6.45, 7) is 1.70. The summed E-state index contributed by atoms with van der Waals surface area (Å²) in [5, 5.41) is 0. The minimum absolute atomic E-state index is 0.0255. The van der Waals surface area contributed by atoms with Crippen LogP contribution in [0, 0.1) is 4.71 Å². The fourth-order valence-corrected chi connectivity index (χ4v) is 0.787. The van der Waals surface area contributed by atoms with Crippen LogP contribution in [-0.2, 0) is 9.84 Å². The molecule has 0 spiro atoms. The second-order valence-electron chi connectivity index (χ2n) is 1.48. The standard InChI is InChI=1S/C4H8ClO2S/c1-3-4(5)8(2,6)7/h3H2,1-2H3. The number of hydrogen-bond acceptors (Lipinski definition) is 2. The number of halogens is 1. The SMILES string of the molecule is CC[C](Cl)S(C)(=O)=O. The maximum Gasteiger partial charge on any atom is 0.178 e. The Morgan fingerprint density at radius 3 is 2.00 bits per heavy atom. The Labute approximate surface area is 54.8 Å². The molecule has 0 atom stereocenters. The van der Waals surface area contributed by atoms with Gasteiger partial charge in [-0.15, -0.1) is 0 Å². The Morgan fingerprint density at radius 1 is 1.62 bits per heavy atom. The highest BCUT2D eigenvalue weighted by Gasteiger charge is 2.14. The Bertz CT molecular complexity index is 149. The smallest absolute Gasteiger partial charge is 0.178 e. The molecule has 2 nitrogen and oxygen atoms in total. The van der Waals surface area contributed by atoms with Crippen LogP contribution in [0.25, 0.3) is 0 Å². The van der Waals surface area contributed by atoms with Gasteiger partial charge in [0.1, 0.15) is 0 Å². The van der Waals surface area contributed by atoms with Crippen molar-refractivity contribution in [2.45, 2.75) is 13.3 Å². The predicted octanol–water partition coefficient (Wildman–Crippen LogP) is 1.17. The third kappa shape index (κ3) is 2.52. The first-order valence-electron chi connectivity index (χ1n) is 2.20. The quantitative estimate of drug-likeness (QED) is 0.600. The van der Waals surface area contributed by atoms with Gasteiger partial charge in [-0.1, -0.05) is 18.5 Å². The van der Waals surface area contributed by atoms with E-state index in [4.69, 9.17) is 11.6 Å². The fourth-order valence-electron chi connectivity index (χ4n) is 0.262.